The number of rotatable bonds is 9. The molecule has 0 heterocycles. The van der Waals surface area contributed by atoms with Gasteiger partial charge in [0.15, 0.2) is 0 Å². The standard InChI is InChI=1S/C43H38N2.C14H14.3C7H8.C2H6/c1-33-17-19-34(20-18-33)35-21-29-42(30-22-35)45(40-15-9-4-10-16-40)43-31-25-37(26-32-43)36-23-27-41(28-24-36)44(38-11-5-2-6-12-38)39-13-7-3-8-14-39;1-11-3-7-13(8-4-11)14-9-5-12(2)6-10-14;3*1-7-5-3-2-4-6-7;1-2/h2-7,9-13,15-25,27-32,37H,8,14,26H2,1H3;3-10H,1-2H3;3*2-6H,1H3;1-2H3. The summed E-state index contributed by atoms with van der Waals surface area (Å²) in [4.78, 5) is 4.75. The predicted molar refractivity (Wildman–Crippen MR) is 357 cm³/mol. The van der Waals surface area contributed by atoms with Crippen LogP contribution in [-0.2, 0) is 0 Å². The van der Waals surface area contributed by atoms with Crippen molar-refractivity contribution in [3.8, 4) is 22.3 Å². The van der Waals surface area contributed by atoms with Crippen LogP contribution in [0.2, 0.25) is 0 Å². The van der Waals surface area contributed by atoms with Gasteiger partial charge in [0.1, 0.15) is 0 Å². The largest absolute Gasteiger partial charge is 0.314 e. The summed E-state index contributed by atoms with van der Waals surface area (Å²) in [7, 11) is 0. The molecule has 0 radical (unpaired) electrons. The van der Waals surface area contributed by atoms with Crippen molar-refractivity contribution < 1.29 is 0 Å². The van der Waals surface area contributed by atoms with Crippen LogP contribution in [0.3, 0.4) is 0 Å². The third-order valence-electron chi connectivity index (χ3n) is 14.0. The van der Waals surface area contributed by atoms with Crippen LogP contribution in [0.15, 0.2) is 321 Å². The van der Waals surface area contributed by atoms with E-state index in [1.807, 2.05) is 68.4 Å². The van der Waals surface area contributed by atoms with Crippen LogP contribution in [0.5, 0.6) is 0 Å². The Morgan fingerprint density at radius 2 is 0.646 bits per heavy atom. The summed E-state index contributed by atoms with van der Waals surface area (Å²) < 4.78 is 0. The van der Waals surface area contributed by atoms with E-state index in [9.17, 15) is 0 Å². The second-order valence-corrected chi connectivity index (χ2v) is 20.5. The topological polar surface area (TPSA) is 6.48 Å². The average Bonchev–Trinajstić information content (AvgIpc) is 3.66. The zero-order valence-corrected chi connectivity index (χ0v) is 49.5. The molecule has 0 aliphatic heterocycles. The number of aryl methyl sites for hydroxylation is 6. The van der Waals surface area contributed by atoms with Crippen LogP contribution in [0.1, 0.15) is 78.0 Å². The fraction of sp³-hybridized carbons (Fsp3) is 0.150. The van der Waals surface area contributed by atoms with Gasteiger partial charge in [-0.3, -0.25) is 0 Å². The van der Waals surface area contributed by atoms with E-state index in [4.69, 9.17) is 0 Å². The van der Waals surface area contributed by atoms with E-state index in [0.717, 1.165) is 30.6 Å². The van der Waals surface area contributed by atoms with Crippen LogP contribution in [-0.4, -0.2) is 0 Å². The van der Waals surface area contributed by atoms with Gasteiger partial charge in [0.2, 0.25) is 0 Å². The zero-order valence-electron chi connectivity index (χ0n) is 49.5. The molecule has 0 N–H and O–H groups in total. The highest BCUT2D eigenvalue weighted by molar-refractivity contribution is 5.74. The molecule has 82 heavy (non-hydrogen) atoms. The Kier molecular flexibility index (Phi) is 24.1. The Bertz CT molecular complexity index is 3360. The predicted octanol–water partition coefficient (Wildman–Crippen LogP) is 22.8. The van der Waals surface area contributed by atoms with E-state index in [0.29, 0.717) is 5.92 Å². The maximum Gasteiger partial charge on any atom is 0.0461 e. The van der Waals surface area contributed by atoms with E-state index in [2.05, 4.69) is 306 Å². The summed E-state index contributed by atoms with van der Waals surface area (Å²) in [5, 5.41) is 0. The monoisotopic (exact) mass is 1070 g/mol. The molecule has 0 spiro atoms. The van der Waals surface area contributed by atoms with Gasteiger partial charge in [-0.05, 0) is 149 Å². The fourth-order valence-electron chi connectivity index (χ4n) is 9.40. The lowest BCUT2D eigenvalue weighted by Gasteiger charge is -2.30. The van der Waals surface area contributed by atoms with Crippen molar-refractivity contribution >= 4 is 22.7 Å². The molecule has 0 saturated heterocycles. The lowest BCUT2D eigenvalue weighted by molar-refractivity contribution is 0.839. The van der Waals surface area contributed by atoms with Gasteiger partial charge >= 0.3 is 0 Å². The summed E-state index contributed by atoms with van der Waals surface area (Å²) in [6.45, 7) is 16.6. The third-order valence-corrected chi connectivity index (χ3v) is 14.0. The van der Waals surface area contributed by atoms with Gasteiger partial charge in [-0.15, -0.1) is 0 Å². The zero-order chi connectivity index (χ0) is 57.7. The van der Waals surface area contributed by atoms with E-state index in [-0.39, 0.29) is 0 Å². The van der Waals surface area contributed by atoms with Crippen molar-refractivity contribution in [3.63, 3.8) is 0 Å². The first-order valence-corrected chi connectivity index (χ1v) is 29.1. The molecule has 0 amide bonds. The molecule has 0 fully saturated rings. The maximum atomic E-state index is 2.39. The molecule has 412 valence electrons. The molecule has 12 rings (SSSR count). The first kappa shape index (κ1) is 60.4. The Balaban J connectivity index is 0.000000208. The van der Waals surface area contributed by atoms with Gasteiger partial charge < -0.3 is 9.80 Å². The summed E-state index contributed by atoms with van der Waals surface area (Å²) in [6, 6.07) is 96.2. The highest BCUT2D eigenvalue weighted by Gasteiger charge is 2.20. The SMILES string of the molecule is CC.Cc1ccc(-c2ccc(C)cc2)cc1.Cc1ccc(-c2ccc(N(C3=CCC(c4ccc(N(C5=CC=CCC5)c5ccccc5)cc4)C=C3)c3ccccc3)cc2)cc1.Cc1ccccc1.Cc1ccccc1.Cc1ccccc1. The molecular weight excluding hydrogens is 989 g/mol. The Morgan fingerprint density at radius 1 is 0.329 bits per heavy atom. The lowest BCUT2D eigenvalue weighted by Crippen LogP contribution is -2.18. The number of anilines is 4. The van der Waals surface area contributed by atoms with Crippen molar-refractivity contribution in [2.45, 2.75) is 80.6 Å². The van der Waals surface area contributed by atoms with E-state index in [1.165, 1.54) is 84.0 Å². The van der Waals surface area contributed by atoms with Gasteiger partial charge in [0, 0.05) is 40.1 Å². The van der Waals surface area contributed by atoms with E-state index >= 15 is 0 Å². The highest BCUT2D eigenvalue weighted by atomic mass is 15.2. The Labute approximate surface area is 492 Å². The quantitative estimate of drug-likeness (QED) is 0.142. The first-order valence-electron chi connectivity index (χ1n) is 29.1. The summed E-state index contributed by atoms with van der Waals surface area (Å²) in [5.74, 6) is 0.339. The molecule has 1 atom stereocenters. The molecule has 0 bridgehead atoms. The van der Waals surface area contributed by atoms with Gasteiger partial charge in [-0.2, -0.15) is 0 Å². The second-order valence-electron chi connectivity index (χ2n) is 20.5. The molecule has 1 unspecified atom stereocenters. The van der Waals surface area contributed by atoms with Crippen LogP contribution >= 0.6 is 0 Å². The van der Waals surface area contributed by atoms with Crippen LogP contribution in [0, 0.1) is 41.5 Å². The molecule has 0 aromatic heterocycles. The number of allylic oxidation sites excluding steroid dienone is 7. The Morgan fingerprint density at radius 3 is 0.976 bits per heavy atom. The van der Waals surface area contributed by atoms with Crippen molar-refractivity contribution in [1.29, 1.82) is 0 Å². The minimum absolute atomic E-state index is 0.339. The average molecular weight is 1070 g/mol. The maximum absolute atomic E-state index is 2.39. The number of nitrogens with zero attached hydrogens (tertiary/aromatic N) is 2. The molecule has 10 aromatic rings. The molecule has 2 aliphatic rings. The lowest BCUT2D eigenvalue weighted by atomic mass is 9.91. The van der Waals surface area contributed by atoms with Gasteiger partial charge in [-0.1, -0.05) is 296 Å². The van der Waals surface area contributed by atoms with Crippen LogP contribution in [0.4, 0.5) is 22.7 Å². The normalized spacial score (nSPS) is 12.7. The van der Waals surface area contributed by atoms with Crippen molar-refractivity contribution in [2.75, 3.05) is 9.80 Å². The van der Waals surface area contributed by atoms with E-state index in [1.54, 1.807) is 0 Å². The number of hydrogen-bond donors (Lipinski definition) is 0. The van der Waals surface area contributed by atoms with Crippen LogP contribution < -0.4 is 9.80 Å². The fourth-order valence-corrected chi connectivity index (χ4v) is 9.40. The molecule has 10 aromatic carbocycles. The molecule has 2 aliphatic carbocycles. The summed E-state index contributed by atoms with van der Waals surface area (Å²) >= 11 is 0. The van der Waals surface area contributed by atoms with Crippen molar-refractivity contribution in [2.24, 2.45) is 0 Å². The third kappa shape index (κ3) is 19.0. The first-order chi connectivity index (χ1) is 40.2. The Hall–Kier alpha value is -9.24. The van der Waals surface area contributed by atoms with Gasteiger partial charge in [0.25, 0.3) is 0 Å². The minimum Gasteiger partial charge on any atom is -0.314 e. The summed E-state index contributed by atoms with van der Waals surface area (Å²) in [5.41, 5.74) is 21.5. The number of benzene rings is 10. The second kappa shape index (κ2) is 32.7. The molecule has 0 saturated carbocycles. The minimum atomic E-state index is 0.339. The van der Waals surface area contributed by atoms with E-state index < -0.39 is 0 Å². The molecule has 2 nitrogen and oxygen atoms in total. The van der Waals surface area contributed by atoms with Crippen LogP contribution in [0.25, 0.3) is 22.3 Å². The van der Waals surface area contributed by atoms with Gasteiger partial charge in [-0.25, -0.2) is 0 Å². The highest BCUT2D eigenvalue weighted by Crippen LogP contribution is 2.38. The smallest absolute Gasteiger partial charge is 0.0461 e. The van der Waals surface area contributed by atoms with Crippen molar-refractivity contribution in [3.05, 3.63) is 360 Å². The molecule has 2 heteroatoms. The number of para-hydroxylation sites is 2. The number of hydrogen-bond acceptors (Lipinski definition) is 2. The van der Waals surface area contributed by atoms with Gasteiger partial charge in [0.05, 0.1) is 0 Å². The van der Waals surface area contributed by atoms with Crippen molar-refractivity contribution in [1.82, 2.24) is 0 Å². The molecular formula is C80H82N2. The summed E-state index contributed by atoms with van der Waals surface area (Å²) in [6.07, 6.45) is 16.8.